The fraction of sp³-hybridized carbons (Fsp3) is 0.607. The summed E-state index contributed by atoms with van der Waals surface area (Å²) in [6.45, 7) is 16.4. The van der Waals surface area contributed by atoms with Crippen LogP contribution in [0.25, 0.3) is 0 Å². The Labute approximate surface area is 212 Å². The van der Waals surface area contributed by atoms with Crippen LogP contribution in [0, 0.1) is 29.6 Å². The lowest BCUT2D eigenvalue weighted by atomic mass is 9.42. The van der Waals surface area contributed by atoms with Crippen LogP contribution in [-0.4, -0.2) is 49.1 Å². The molecule has 7 heteroatoms. The number of nitrogens with one attached hydrogen (secondary N) is 1. The lowest BCUT2D eigenvalue weighted by molar-refractivity contribution is 0.0901. The average Bonchev–Trinajstić information content (AvgIpc) is 3.36. The van der Waals surface area contributed by atoms with Gasteiger partial charge in [-0.15, -0.1) is 0 Å². The smallest absolute Gasteiger partial charge is 0.269 e. The molecule has 3 aliphatic rings. The fourth-order valence-electron chi connectivity index (χ4n) is 7.04. The van der Waals surface area contributed by atoms with Crippen molar-refractivity contribution in [3.63, 3.8) is 0 Å². The van der Waals surface area contributed by atoms with E-state index in [4.69, 9.17) is 4.98 Å². The number of pyridine rings is 2. The number of amides is 1. The minimum Gasteiger partial charge on any atom is -0.356 e. The van der Waals surface area contributed by atoms with Crippen molar-refractivity contribution in [1.29, 1.82) is 0 Å². The van der Waals surface area contributed by atoms with E-state index in [2.05, 4.69) is 68.1 Å². The number of hydrogen-bond donors (Lipinski definition) is 1. The number of carbonyl (C=O) groups excluding carboxylic acids is 1. The van der Waals surface area contributed by atoms with E-state index in [0.29, 0.717) is 35.1 Å². The Balaban J connectivity index is 1.20. The van der Waals surface area contributed by atoms with E-state index >= 15 is 0 Å². The van der Waals surface area contributed by atoms with Crippen LogP contribution in [0.4, 0.5) is 5.82 Å². The van der Waals surface area contributed by atoms with Crippen LogP contribution in [0.1, 0.15) is 63.6 Å². The maximum Gasteiger partial charge on any atom is 0.269 e. The summed E-state index contributed by atoms with van der Waals surface area (Å²) in [5, 5.41) is 3.34. The molecule has 2 aromatic heterocycles. The molecule has 5 nitrogen and oxygen atoms in total. The molecule has 2 aromatic rings. The molecule has 1 amide bonds. The highest BCUT2D eigenvalue weighted by Crippen LogP contribution is 2.52. The van der Waals surface area contributed by atoms with Crippen molar-refractivity contribution in [3.8, 4) is 0 Å². The van der Waals surface area contributed by atoms with Gasteiger partial charge in [0.2, 0.25) is 0 Å². The lowest BCUT2D eigenvalue weighted by Gasteiger charge is -2.35. The molecular weight excluding hydrogens is 430 g/mol. The first-order chi connectivity index (χ1) is 16.4. The van der Waals surface area contributed by atoms with Crippen molar-refractivity contribution < 1.29 is 4.79 Å². The predicted octanol–water partition coefficient (Wildman–Crippen LogP) is 2.85. The predicted molar refractivity (Wildman–Crippen MR) is 148 cm³/mol. The summed E-state index contributed by atoms with van der Waals surface area (Å²) in [5.41, 5.74) is 4.31. The number of nitrogens with zero attached hydrogens (tertiary/aromatic N) is 3. The number of anilines is 1. The van der Waals surface area contributed by atoms with Crippen LogP contribution in [0.15, 0.2) is 30.5 Å². The minimum absolute atomic E-state index is 0.0407. The van der Waals surface area contributed by atoms with Gasteiger partial charge in [-0.1, -0.05) is 63.4 Å². The molecule has 1 aliphatic carbocycles. The molecule has 2 saturated heterocycles. The van der Waals surface area contributed by atoms with E-state index in [1.165, 1.54) is 18.1 Å². The second-order valence-electron chi connectivity index (χ2n) is 13.3. The van der Waals surface area contributed by atoms with E-state index in [1.54, 1.807) is 0 Å². The number of carbonyl (C=O) groups is 1. The minimum atomic E-state index is -0.171. The standard InChI is InChI=1S/C28H40B2N4O/c1-18-7-9-22(29)24(32-18)25(35)33-28(6)11-19-14-34(15-20(19)12-28)23-10-8-21(13-31-23)30-16-26(2,3)27(4,5)17-30/h7-10,13,19-20H,11-12,14-17,29H2,1-6H3,(H,33,35). The van der Waals surface area contributed by atoms with Gasteiger partial charge in [-0.25, -0.2) is 9.97 Å². The monoisotopic (exact) mass is 470 g/mol. The normalized spacial score (nSPS) is 28.9. The molecule has 0 radical (unpaired) electrons. The molecule has 3 fully saturated rings. The van der Waals surface area contributed by atoms with Crippen LogP contribution < -0.4 is 21.1 Å². The maximum atomic E-state index is 13.0. The van der Waals surface area contributed by atoms with Gasteiger partial charge in [-0.3, -0.25) is 4.79 Å². The molecule has 184 valence electrons. The molecule has 2 aliphatic heterocycles. The van der Waals surface area contributed by atoms with E-state index in [0.717, 1.165) is 42.9 Å². The summed E-state index contributed by atoms with van der Waals surface area (Å²) in [4.78, 5) is 24.9. The highest BCUT2D eigenvalue weighted by molar-refractivity contribution is 6.74. The van der Waals surface area contributed by atoms with Gasteiger partial charge >= 0.3 is 0 Å². The Morgan fingerprint density at radius 1 is 1.03 bits per heavy atom. The van der Waals surface area contributed by atoms with Crippen molar-refractivity contribution in [2.45, 2.75) is 72.6 Å². The van der Waals surface area contributed by atoms with Gasteiger partial charge in [-0.05, 0) is 61.5 Å². The van der Waals surface area contributed by atoms with Gasteiger partial charge in [-0.2, -0.15) is 0 Å². The van der Waals surface area contributed by atoms with Crippen molar-refractivity contribution >= 4 is 37.2 Å². The highest BCUT2D eigenvalue weighted by Gasteiger charge is 2.49. The first-order valence-electron chi connectivity index (χ1n) is 13.3. The number of aryl methyl sites for hydroxylation is 1. The molecule has 5 rings (SSSR count). The largest absolute Gasteiger partial charge is 0.356 e. The maximum absolute atomic E-state index is 13.0. The Hall–Kier alpha value is -2.30. The van der Waals surface area contributed by atoms with Gasteiger partial charge in [0.05, 0.1) is 0 Å². The molecule has 2 unspecified atom stereocenters. The Morgan fingerprint density at radius 2 is 1.66 bits per heavy atom. The second-order valence-corrected chi connectivity index (χ2v) is 13.3. The van der Waals surface area contributed by atoms with Crippen molar-refractivity contribution in [1.82, 2.24) is 15.3 Å². The number of hydrogen-bond acceptors (Lipinski definition) is 4. The van der Waals surface area contributed by atoms with Crippen LogP contribution >= 0.6 is 0 Å². The molecule has 1 saturated carbocycles. The summed E-state index contributed by atoms with van der Waals surface area (Å²) in [7, 11) is 1.96. The van der Waals surface area contributed by atoms with Gasteiger partial charge in [0.1, 0.15) is 19.4 Å². The topological polar surface area (TPSA) is 58.1 Å². The highest BCUT2D eigenvalue weighted by atomic mass is 16.2. The average molecular weight is 470 g/mol. The van der Waals surface area contributed by atoms with E-state index in [1.807, 2.05) is 26.9 Å². The van der Waals surface area contributed by atoms with Gasteiger partial charge in [0.25, 0.3) is 5.91 Å². The molecular formula is C28H40B2N4O. The molecule has 35 heavy (non-hydrogen) atoms. The first-order valence-corrected chi connectivity index (χ1v) is 13.3. The molecule has 0 bridgehead atoms. The third kappa shape index (κ3) is 4.51. The van der Waals surface area contributed by atoms with Crippen LogP contribution in [0.3, 0.4) is 0 Å². The number of aromatic nitrogens is 2. The fourth-order valence-corrected chi connectivity index (χ4v) is 7.04. The third-order valence-corrected chi connectivity index (χ3v) is 9.78. The Morgan fingerprint density at radius 3 is 2.23 bits per heavy atom. The van der Waals surface area contributed by atoms with Crippen molar-refractivity contribution in [2.24, 2.45) is 22.7 Å². The van der Waals surface area contributed by atoms with Crippen molar-refractivity contribution in [2.75, 3.05) is 18.0 Å². The summed E-state index contributed by atoms with van der Waals surface area (Å²) in [6, 6.07) is 8.49. The van der Waals surface area contributed by atoms with E-state index < -0.39 is 0 Å². The zero-order chi connectivity index (χ0) is 25.2. The molecule has 2 atom stereocenters. The van der Waals surface area contributed by atoms with Crippen LogP contribution in [0.2, 0.25) is 12.6 Å². The van der Waals surface area contributed by atoms with Crippen molar-refractivity contribution in [3.05, 3.63) is 41.9 Å². The zero-order valence-electron chi connectivity index (χ0n) is 22.6. The summed E-state index contributed by atoms with van der Waals surface area (Å²) < 4.78 is 0. The second kappa shape index (κ2) is 8.38. The van der Waals surface area contributed by atoms with Gasteiger partial charge in [0, 0.05) is 30.5 Å². The van der Waals surface area contributed by atoms with E-state index in [-0.39, 0.29) is 11.4 Å². The van der Waals surface area contributed by atoms with E-state index in [9.17, 15) is 4.79 Å². The first kappa shape index (κ1) is 24.4. The van der Waals surface area contributed by atoms with Gasteiger partial charge < -0.3 is 10.2 Å². The zero-order valence-corrected chi connectivity index (χ0v) is 22.6. The number of fused-ring (bicyclic) bond motifs is 1. The van der Waals surface area contributed by atoms with Gasteiger partial charge in [0.15, 0.2) is 6.71 Å². The number of rotatable bonds is 4. The lowest BCUT2D eigenvalue weighted by Crippen LogP contribution is -2.46. The van der Waals surface area contributed by atoms with Crippen LogP contribution in [-0.2, 0) is 0 Å². The summed E-state index contributed by atoms with van der Waals surface area (Å²) in [6.07, 6.45) is 6.62. The SMILES string of the molecule is Bc1ccc(C)nc1C(=O)NC1(C)CC2CN(c3ccc(B4CC(C)(C)C(C)(C)C4)cn3)CC2C1. The molecule has 1 N–H and O–H groups in total. The summed E-state index contributed by atoms with van der Waals surface area (Å²) >= 11 is 0. The Bertz CT molecular complexity index is 1100. The molecule has 0 spiro atoms. The Kier molecular flexibility index (Phi) is 5.84. The molecule has 4 heterocycles. The third-order valence-electron chi connectivity index (χ3n) is 9.78. The quantitative estimate of drug-likeness (QED) is 0.699. The summed E-state index contributed by atoms with van der Waals surface area (Å²) in [5.74, 6) is 2.24. The molecule has 0 aromatic carbocycles. The van der Waals surface area contributed by atoms with Crippen LogP contribution in [0.5, 0.6) is 0 Å².